The van der Waals surface area contributed by atoms with Gasteiger partial charge in [0.2, 0.25) is 0 Å². The Morgan fingerprint density at radius 3 is 2.53 bits per heavy atom. The number of imidazole rings is 1. The van der Waals surface area contributed by atoms with E-state index in [-0.39, 0.29) is 24.8 Å². The molecule has 3 nitrogen and oxygen atoms in total. The monoisotopic (exact) mass is 277 g/mol. The van der Waals surface area contributed by atoms with E-state index in [1.807, 2.05) is 6.20 Å². The van der Waals surface area contributed by atoms with E-state index in [2.05, 4.69) is 21.1 Å². The molecule has 0 spiro atoms. The van der Waals surface area contributed by atoms with E-state index in [4.69, 9.17) is 0 Å². The first-order chi connectivity index (χ1) is 7.43. The normalized spacial score (nSPS) is 20.5. The maximum Gasteiger partial charge on any atom is 0.111 e. The van der Waals surface area contributed by atoms with Gasteiger partial charge in [-0.3, -0.25) is 0 Å². The molecule has 0 unspecified atom stereocenters. The Balaban J connectivity index is 0.000000722. The summed E-state index contributed by atoms with van der Waals surface area (Å²) in [5.74, 6) is 2.98. The molecule has 2 fully saturated rings. The van der Waals surface area contributed by atoms with Crippen LogP contribution in [-0.4, -0.2) is 22.6 Å². The first kappa shape index (κ1) is 14.8. The minimum absolute atomic E-state index is 0. The summed E-state index contributed by atoms with van der Waals surface area (Å²) >= 11 is 0. The summed E-state index contributed by atoms with van der Waals surface area (Å²) in [6, 6.07) is 0. The van der Waals surface area contributed by atoms with Gasteiger partial charge >= 0.3 is 0 Å². The van der Waals surface area contributed by atoms with Gasteiger partial charge in [0, 0.05) is 24.9 Å². The zero-order valence-electron chi connectivity index (χ0n) is 9.97. The SMILES string of the molecule is Cl.Cl.c1cn(CC2CC2)c(C2CCNCC2)n1. The fourth-order valence-corrected chi connectivity index (χ4v) is 2.49. The van der Waals surface area contributed by atoms with Gasteiger partial charge in [0.25, 0.3) is 0 Å². The molecule has 5 heteroatoms. The maximum atomic E-state index is 4.56. The molecule has 0 amide bonds. The van der Waals surface area contributed by atoms with Crippen molar-refractivity contribution in [3.63, 3.8) is 0 Å². The Bertz CT molecular complexity index is 330. The summed E-state index contributed by atoms with van der Waals surface area (Å²) in [5, 5.41) is 3.41. The molecule has 1 aromatic rings. The summed E-state index contributed by atoms with van der Waals surface area (Å²) < 4.78 is 2.40. The molecule has 1 aliphatic carbocycles. The second kappa shape index (κ2) is 6.62. The van der Waals surface area contributed by atoms with Crippen molar-refractivity contribution in [3.05, 3.63) is 18.2 Å². The molecule has 1 aliphatic heterocycles. The first-order valence-electron chi connectivity index (χ1n) is 6.15. The van der Waals surface area contributed by atoms with Crippen LogP contribution in [0.1, 0.15) is 37.4 Å². The number of rotatable bonds is 3. The summed E-state index contributed by atoms with van der Waals surface area (Å²) in [4.78, 5) is 4.56. The van der Waals surface area contributed by atoms with Crippen LogP contribution in [-0.2, 0) is 6.54 Å². The standard InChI is InChI=1S/C12H19N3.2ClH/c1-2-10(1)9-15-8-7-14-12(15)11-3-5-13-6-4-11;;/h7-8,10-11,13H,1-6,9H2;2*1H. The van der Waals surface area contributed by atoms with E-state index in [0.717, 1.165) is 19.0 Å². The Kier molecular flexibility index (Phi) is 5.77. The Morgan fingerprint density at radius 1 is 1.18 bits per heavy atom. The highest BCUT2D eigenvalue weighted by molar-refractivity contribution is 5.85. The largest absolute Gasteiger partial charge is 0.334 e. The highest BCUT2D eigenvalue weighted by Gasteiger charge is 2.25. The molecule has 1 saturated carbocycles. The van der Waals surface area contributed by atoms with Crippen molar-refractivity contribution in [2.75, 3.05) is 13.1 Å². The number of halogens is 2. The van der Waals surface area contributed by atoms with Gasteiger partial charge in [-0.15, -0.1) is 24.8 Å². The average Bonchev–Trinajstić information content (AvgIpc) is 2.96. The maximum absolute atomic E-state index is 4.56. The van der Waals surface area contributed by atoms with Crippen LogP contribution >= 0.6 is 24.8 Å². The molecule has 1 saturated heterocycles. The van der Waals surface area contributed by atoms with E-state index < -0.39 is 0 Å². The highest BCUT2D eigenvalue weighted by Crippen LogP contribution is 2.32. The van der Waals surface area contributed by atoms with Gasteiger partial charge in [-0.25, -0.2) is 4.98 Å². The van der Waals surface area contributed by atoms with Crippen LogP contribution in [0.15, 0.2) is 12.4 Å². The number of hydrogen-bond acceptors (Lipinski definition) is 2. The quantitative estimate of drug-likeness (QED) is 0.921. The number of aromatic nitrogens is 2. The zero-order chi connectivity index (χ0) is 10.1. The van der Waals surface area contributed by atoms with Crippen molar-refractivity contribution in [1.29, 1.82) is 0 Å². The van der Waals surface area contributed by atoms with Crippen LogP contribution in [0.3, 0.4) is 0 Å². The Labute approximate surface area is 115 Å². The second-order valence-corrected chi connectivity index (χ2v) is 4.91. The smallest absolute Gasteiger partial charge is 0.111 e. The van der Waals surface area contributed by atoms with E-state index in [9.17, 15) is 0 Å². The van der Waals surface area contributed by atoms with Crippen molar-refractivity contribution in [1.82, 2.24) is 14.9 Å². The zero-order valence-corrected chi connectivity index (χ0v) is 11.6. The van der Waals surface area contributed by atoms with E-state index in [1.54, 1.807) is 0 Å². The van der Waals surface area contributed by atoms with Crippen LogP contribution in [0.25, 0.3) is 0 Å². The lowest BCUT2D eigenvalue weighted by Gasteiger charge is -2.23. The number of nitrogens with zero attached hydrogens (tertiary/aromatic N) is 2. The lowest BCUT2D eigenvalue weighted by atomic mass is 9.97. The van der Waals surface area contributed by atoms with Crippen molar-refractivity contribution in [2.45, 2.75) is 38.1 Å². The third-order valence-corrected chi connectivity index (χ3v) is 3.60. The predicted octanol–water partition coefficient (Wildman–Crippen LogP) is 2.60. The number of nitrogens with one attached hydrogen (secondary N) is 1. The van der Waals surface area contributed by atoms with Crippen molar-refractivity contribution in [3.8, 4) is 0 Å². The Morgan fingerprint density at radius 2 is 1.88 bits per heavy atom. The molecule has 0 aromatic carbocycles. The molecule has 17 heavy (non-hydrogen) atoms. The fraction of sp³-hybridized carbons (Fsp3) is 0.750. The van der Waals surface area contributed by atoms with Crippen LogP contribution < -0.4 is 5.32 Å². The number of piperidine rings is 1. The minimum atomic E-state index is 0. The second-order valence-electron chi connectivity index (χ2n) is 4.91. The summed E-state index contributed by atoms with van der Waals surface area (Å²) in [7, 11) is 0. The molecule has 2 aliphatic rings. The summed E-state index contributed by atoms with van der Waals surface area (Å²) in [6.07, 6.45) is 9.48. The van der Waals surface area contributed by atoms with Gasteiger partial charge in [-0.2, -0.15) is 0 Å². The molecule has 0 atom stereocenters. The molecule has 98 valence electrons. The van der Waals surface area contributed by atoms with Gasteiger partial charge in [0.15, 0.2) is 0 Å². The first-order valence-corrected chi connectivity index (χ1v) is 6.15. The molecule has 0 radical (unpaired) electrons. The fourth-order valence-electron chi connectivity index (χ4n) is 2.49. The van der Waals surface area contributed by atoms with Crippen molar-refractivity contribution >= 4 is 24.8 Å². The van der Waals surface area contributed by atoms with Crippen LogP contribution in [0.2, 0.25) is 0 Å². The van der Waals surface area contributed by atoms with Crippen molar-refractivity contribution in [2.24, 2.45) is 5.92 Å². The van der Waals surface area contributed by atoms with Gasteiger partial charge in [0.1, 0.15) is 5.82 Å². The molecular formula is C12H21Cl2N3. The lowest BCUT2D eigenvalue weighted by molar-refractivity contribution is 0.426. The summed E-state index contributed by atoms with van der Waals surface area (Å²) in [5.41, 5.74) is 0. The van der Waals surface area contributed by atoms with Gasteiger partial charge in [0.05, 0.1) is 0 Å². The molecule has 1 N–H and O–H groups in total. The predicted molar refractivity (Wildman–Crippen MR) is 74.3 cm³/mol. The number of hydrogen-bond donors (Lipinski definition) is 1. The molecular weight excluding hydrogens is 257 g/mol. The van der Waals surface area contributed by atoms with Gasteiger partial charge in [-0.1, -0.05) is 0 Å². The van der Waals surface area contributed by atoms with E-state index in [0.29, 0.717) is 5.92 Å². The molecule has 0 bridgehead atoms. The molecule has 1 aromatic heterocycles. The third kappa shape index (κ3) is 3.60. The topological polar surface area (TPSA) is 29.9 Å². The van der Waals surface area contributed by atoms with Gasteiger partial charge < -0.3 is 9.88 Å². The van der Waals surface area contributed by atoms with Gasteiger partial charge in [-0.05, 0) is 44.7 Å². The Hall–Kier alpha value is -0.250. The molecule has 3 rings (SSSR count). The third-order valence-electron chi connectivity index (χ3n) is 3.60. The summed E-state index contributed by atoms with van der Waals surface area (Å²) in [6.45, 7) is 3.52. The van der Waals surface area contributed by atoms with E-state index in [1.165, 1.54) is 38.1 Å². The average molecular weight is 278 g/mol. The van der Waals surface area contributed by atoms with E-state index >= 15 is 0 Å². The molecule has 2 heterocycles. The van der Waals surface area contributed by atoms with Crippen LogP contribution in [0.4, 0.5) is 0 Å². The van der Waals surface area contributed by atoms with Crippen LogP contribution in [0, 0.1) is 5.92 Å². The van der Waals surface area contributed by atoms with Crippen LogP contribution in [0.5, 0.6) is 0 Å². The highest BCUT2D eigenvalue weighted by atomic mass is 35.5. The minimum Gasteiger partial charge on any atom is -0.334 e. The van der Waals surface area contributed by atoms with Crippen molar-refractivity contribution < 1.29 is 0 Å². The lowest BCUT2D eigenvalue weighted by Crippen LogP contribution is -2.28.